The van der Waals surface area contributed by atoms with Gasteiger partial charge in [-0.3, -0.25) is 4.79 Å². The van der Waals surface area contributed by atoms with E-state index in [0.717, 1.165) is 0 Å². The quantitative estimate of drug-likeness (QED) is 0.761. The number of anilines is 1. The Hall–Kier alpha value is -1.11. The Morgan fingerprint density at radius 1 is 1.38 bits per heavy atom. The van der Waals surface area contributed by atoms with Crippen molar-refractivity contribution in [2.24, 2.45) is 5.73 Å². The molecule has 1 aliphatic rings. The number of halogens is 1. The Labute approximate surface area is 99.4 Å². The second-order valence-corrected chi connectivity index (χ2v) is 5.23. The third-order valence-electron chi connectivity index (χ3n) is 2.22. The van der Waals surface area contributed by atoms with Gasteiger partial charge in [-0.15, -0.1) is 12.4 Å². The van der Waals surface area contributed by atoms with Crippen molar-refractivity contribution in [3.05, 3.63) is 23.8 Å². The monoisotopic (exact) mass is 262 g/mol. The van der Waals surface area contributed by atoms with Gasteiger partial charge in [-0.05, 0) is 11.6 Å². The van der Waals surface area contributed by atoms with Crippen LogP contribution in [0.15, 0.2) is 23.1 Å². The van der Waals surface area contributed by atoms with Gasteiger partial charge in [-0.25, -0.2) is 8.42 Å². The number of nitrogens with one attached hydrogen (secondary N) is 1. The van der Waals surface area contributed by atoms with Crippen molar-refractivity contribution in [2.75, 3.05) is 11.1 Å². The van der Waals surface area contributed by atoms with Gasteiger partial charge in [-0.1, -0.05) is 12.1 Å². The lowest BCUT2D eigenvalue weighted by Crippen LogP contribution is -2.30. The summed E-state index contributed by atoms with van der Waals surface area (Å²) in [6, 6.07) is 4.87. The SMILES string of the molecule is Cl.NCc1cccc2c1S(=O)(=O)CC(=O)N2. The van der Waals surface area contributed by atoms with E-state index >= 15 is 0 Å². The van der Waals surface area contributed by atoms with Crippen molar-refractivity contribution in [2.45, 2.75) is 11.4 Å². The van der Waals surface area contributed by atoms with Crippen LogP contribution < -0.4 is 11.1 Å². The van der Waals surface area contributed by atoms with E-state index in [2.05, 4.69) is 5.32 Å². The second-order valence-electron chi connectivity index (χ2n) is 3.31. The van der Waals surface area contributed by atoms with E-state index < -0.39 is 21.5 Å². The molecule has 0 saturated heterocycles. The molecule has 1 amide bonds. The van der Waals surface area contributed by atoms with E-state index in [1.54, 1.807) is 18.2 Å². The maximum atomic E-state index is 11.7. The van der Waals surface area contributed by atoms with E-state index in [0.29, 0.717) is 11.3 Å². The van der Waals surface area contributed by atoms with Gasteiger partial charge in [0.05, 0.1) is 10.6 Å². The number of rotatable bonds is 1. The number of sulfone groups is 1. The average Bonchev–Trinajstić information content (AvgIpc) is 2.14. The minimum absolute atomic E-state index is 0. The molecular weight excluding hydrogens is 252 g/mol. The molecule has 0 radical (unpaired) electrons. The molecule has 0 aliphatic carbocycles. The highest BCUT2D eigenvalue weighted by molar-refractivity contribution is 7.92. The number of benzene rings is 1. The zero-order valence-electron chi connectivity index (χ0n) is 8.26. The maximum Gasteiger partial charge on any atom is 0.239 e. The first-order chi connectivity index (χ1) is 7.04. The van der Waals surface area contributed by atoms with Gasteiger partial charge in [0.2, 0.25) is 5.91 Å². The highest BCUT2D eigenvalue weighted by Gasteiger charge is 2.30. The predicted octanol–water partition coefficient (Wildman–Crippen LogP) is 0.293. The van der Waals surface area contributed by atoms with Crippen molar-refractivity contribution in [1.29, 1.82) is 0 Å². The Kier molecular flexibility index (Phi) is 3.57. The largest absolute Gasteiger partial charge is 0.326 e. The fraction of sp³-hybridized carbons (Fsp3) is 0.222. The van der Waals surface area contributed by atoms with Crippen LogP contribution in [0.5, 0.6) is 0 Å². The summed E-state index contributed by atoms with van der Waals surface area (Å²) in [5.41, 5.74) is 6.32. The minimum Gasteiger partial charge on any atom is -0.326 e. The molecule has 88 valence electrons. The summed E-state index contributed by atoms with van der Waals surface area (Å²) in [5, 5.41) is 2.52. The van der Waals surface area contributed by atoms with E-state index in [4.69, 9.17) is 5.73 Å². The van der Waals surface area contributed by atoms with Crippen LogP contribution in [-0.4, -0.2) is 20.1 Å². The molecule has 0 spiro atoms. The van der Waals surface area contributed by atoms with Gasteiger partial charge >= 0.3 is 0 Å². The Balaban J connectivity index is 0.00000128. The first-order valence-corrected chi connectivity index (χ1v) is 6.04. The van der Waals surface area contributed by atoms with E-state index in [1.807, 2.05) is 0 Å². The molecular formula is C9H11ClN2O3S. The van der Waals surface area contributed by atoms with Crippen molar-refractivity contribution >= 4 is 33.8 Å². The number of nitrogens with two attached hydrogens (primary N) is 1. The third kappa shape index (κ3) is 2.04. The van der Waals surface area contributed by atoms with Crippen LogP contribution in [0.25, 0.3) is 0 Å². The highest BCUT2D eigenvalue weighted by Crippen LogP contribution is 2.29. The lowest BCUT2D eigenvalue weighted by atomic mass is 10.2. The summed E-state index contributed by atoms with van der Waals surface area (Å²) in [7, 11) is -3.53. The van der Waals surface area contributed by atoms with Crippen LogP contribution in [0.1, 0.15) is 5.56 Å². The molecule has 1 aliphatic heterocycles. The summed E-state index contributed by atoms with van der Waals surface area (Å²) in [5.74, 6) is -1.01. The first-order valence-electron chi connectivity index (χ1n) is 4.39. The number of amides is 1. The maximum absolute atomic E-state index is 11.7. The molecule has 3 N–H and O–H groups in total. The molecule has 1 aromatic rings. The summed E-state index contributed by atoms with van der Waals surface area (Å²) < 4.78 is 23.5. The number of hydrogen-bond donors (Lipinski definition) is 2. The van der Waals surface area contributed by atoms with Crippen LogP contribution in [0, 0.1) is 0 Å². The molecule has 5 nitrogen and oxygen atoms in total. The number of carbonyl (C=O) groups excluding carboxylic acids is 1. The van der Waals surface area contributed by atoms with Crippen LogP contribution >= 0.6 is 12.4 Å². The molecule has 2 rings (SSSR count). The van der Waals surface area contributed by atoms with Gasteiger partial charge in [0.25, 0.3) is 0 Å². The number of hydrogen-bond acceptors (Lipinski definition) is 4. The van der Waals surface area contributed by atoms with E-state index in [1.165, 1.54) is 0 Å². The average molecular weight is 263 g/mol. The molecule has 0 bridgehead atoms. The molecule has 1 heterocycles. The smallest absolute Gasteiger partial charge is 0.239 e. The Morgan fingerprint density at radius 3 is 2.69 bits per heavy atom. The summed E-state index contributed by atoms with van der Waals surface area (Å²) >= 11 is 0. The molecule has 0 fully saturated rings. The zero-order valence-corrected chi connectivity index (χ0v) is 9.90. The second kappa shape index (κ2) is 4.40. The van der Waals surface area contributed by atoms with Gasteiger partial charge in [-0.2, -0.15) is 0 Å². The molecule has 16 heavy (non-hydrogen) atoms. The predicted molar refractivity (Wildman–Crippen MR) is 62.3 cm³/mol. The molecule has 0 saturated carbocycles. The van der Waals surface area contributed by atoms with Gasteiger partial charge in [0, 0.05) is 6.54 Å². The number of fused-ring (bicyclic) bond motifs is 1. The first kappa shape index (κ1) is 13.0. The van der Waals surface area contributed by atoms with Crippen molar-refractivity contribution < 1.29 is 13.2 Å². The van der Waals surface area contributed by atoms with E-state index in [-0.39, 0.29) is 23.8 Å². The summed E-state index contributed by atoms with van der Waals surface area (Å²) in [6.07, 6.45) is 0. The summed E-state index contributed by atoms with van der Waals surface area (Å²) in [4.78, 5) is 11.3. The normalized spacial score (nSPS) is 16.9. The lowest BCUT2D eigenvalue weighted by Gasteiger charge is -2.19. The molecule has 1 aromatic carbocycles. The van der Waals surface area contributed by atoms with Gasteiger partial charge < -0.3 is 11.1 Å². The molecule has 7 heteroatoms. The van der Waals surface area contributed by atoms with Crippen LogP contribution in [0.3, 0.4) is 0 Å². The topological polar surface area (TPSA) is 89.3 Å². The fourth-order valence-electron chi connectivity index (χ4n) is 1.64. The van der Waals surface area contributed by atoms with Gasteiger partial charge in [0.15, 0.2) is 9.84 Å². The van der Waals surface area contributed by atoms with E-state index in [9.17, 15) is 13.2 Å². The standard InChI is InChI=1S/C9H10N2O3S.ClH/c10-4-6-2-1-3-7-9(6)15(13,14)5-8(12)11-7;/h1-3H,4-5,10H2,(H,11,12);1H. The van der Waals surface area contributed by atoms with Crippen molar-refractivity contribution in [1.82, 2.24) is 0 Å². The van der Waals surface area contributed by atoms with Crippen molar-refractivity contribution in [3.63, 3.8) is 0 Å². The lowest BCUT2D eigenvalue weighted by molar-refractivity contribution is -0.114. The molecule has 0 atom stereocenters. The Bertz CT molecular complexity index is 528. The fourth-order valence-corrected chi connectivity index (χ4v) is 3.21. The molecule has 0 aromatic heterocycles. The van der Waals surface area contributed by atoms with Crippen LogP contribution in [0.2, 0.25) is 0 Å². The third-order valence-corrected chi connectivity index (χ3v) is 3.97. The minimum atomic E-state index is -3.53. The van der Waals surface area contributed by atoms with Crippen LogP contribution in [-0.2, 0) is 21.2 Å². The molecule has 0 unspecified atom stereocenters. The zero-order chi connectivity index (χ0) is 11.1. The Morgan fingerprint density at radius 2 is 2.06 bits per heavy atom. The summed E-state index contributed by atoms with van der Waals surface area (Å²) in [6.45, 7) is 0.137. The van der Waals surface area contributed by atoms with Crippen LogP contribution in [0.4, 0.5) is 5.69 Å². The number of carbonyl (C=O) groups is 1. The van der Waals surface area contributed by atoms with Crippen molar-refractivity contribution in [3.8, 4) is 0 Å². The van der Waals surface area contributed by atoms with Gasteiger partial charge in [0.1, 0.15) is 5.75 Å². The highest BCUT2D eigenvalue weighted by atomic mass is 35.5.